The predicted molar refractivity (Wildman–Crippen MR) is 94.1 cm³/mol. The van der Waals surface area contributed by atoms with E-state index in [0.717, 1.165) is 25.5 Å². The summed E-state index contributed by atoms with van der Waals surface area (Å²) < 4.78 is 17.7. The lowest BCUT2D eigenvalue weighted by molar-refractivity contribution is -0.220. The maximum atomic E-state index is 9.95. The van der Waals surface area contributed by atoms with Crippen LogP contribution in [0.3, 0.4) is 0 Å². The van der Waals surface area contributed by atoms with Gasteiger partial charge in [0.2, 0.25) is 0 Å². The average Bonchev–Trinajstić information content (AvgIpc) is 2.57. The summed E-state index contributed by atoms with van der Waals surface area (Å²) in [7, 11) is -2.42. The van der Waals surface area contributed by atoms with Gasteiger partial charge in [0.15, 0.2) is 0 Å². The summed E-state index contributed by atoms with van der Waals surface area (Å²) in [4.78, 5) is 9.95. The van der Waals surface area contributed by atoms with Crippen LogP contribution in [0.2, 0.25) is 0 Å². The second kappa shape index (κ2) is 9.74. The minimum atomic E-state index is -3.90. The van der Waals surface area contributed by atoms with Crippen LogP contribution in [-0.2, 0) is 13.6 Å². The molecule has 2 aliphatic rings. The van der Waals surface area contributed by atoms with Crippen molar-refractivity contribution in [3.8, 4) is 0 Å². The van der Waals surface area contributed by atoms with Gasteiger partial charge >= 0.3 is 0 Å². The van der Waals surface area contributed by atoms with Crippen LogP contribution in [0.15, 0.2) is 0 Å². The lowest BCUT2D eigenvalue weighted by Gasteiger charge is -2.38. The summed E-state index contributed by atoms with van der Waals surface area (Å²) in [6.07, 6.45) is 15.4. The summed E-state index contributed by atoms with van der Waals surface area (Å²) in [5.74, 6) is 0. The van der Waals surface area contributed by atoms with E-state index in [1.807, 2.05) is 0 Å². The molecule has 4 nitrogen and oxygen atoms in total. The zero-order chi connectivity index (χ0) is 16.6. The van der Waals surface area contributed by atoms with Gasteiger partial charge in [-0.15, -0.1) is 0 Å². The number of hydrogen-bond donors (Lipinski definition) is 0. The van der Waals surface area contributed by atoms with Crippen molar-refractivity contribution in [2.75, 3.05) is 27.5 Å². The molecule has 0 aliphatic heterocycles. The Kier molecular flexibility index (Phi) is 9.12. The van der Waals surface area contributed by atoms with Crippen molar-refractivity contribution in [1.82, 2.24) is 0 Å². The first kappa shape index (κ1) is 20.6. The van der Waals surface area contributed by atoms with Crippen molar-refractivity contribution in [2.24, 2.45) is 0 Å². The molecule has 0 amide bonds. The third-order valence-electron chi connectivity index (χ3n) is 5.48. The highest BCUT2D eigenvalue weighted by molar-refractivity contribution is 7.75. The van der Waals surface area contributed by atoms with Gasteiger partial charge in [-0.2, -0.15) is 0 Å². The van der Waals surface area contributed by atoms with E-state index in [2.05, 4.69) is 22.4 Å². The van der Waals surface area contributed by atoms with Crippen molar-refractivity contribution in [3.05, 3.63) is 0 Å². The smallest absolute Gasteiger partial charge is 0.267 e. The first-order valence-electron chi connectivity index (χ1n) is 8.59. The fraction of sp³-hybridized carbons (Fsp3) is 1.00. The lowest BCUT2D eigenvalue weighted by Crippen LogP contribution is -2.26. The highest BCUT2D eigenvalue weighted by Crippen LogP contribution is 2.66. The van der Waals surface area contributed by atoms with Gasteiger partial charge in [0.1, 0.15) is 0 Å². The quantitative estimate of drug-likeness (QED) is 0.690. The molecule has 2 aliphatic carbocycles. The molecular formula is C16H34O4P2. The van der Waals surface area contributed by atoms with E-state index in [-0.39, 0.29) is 0 Å². The Morgan fingerprint density at radius 2 is 1.14 bits per heavy atom. The van der Waals surface area contributed by atoms with Gasteiger partial charge in [-0.05, 0) is 51.4 Å². The summed E-state index contributed by atoms with van der Waals surface area (Å²) in [6, 6.07) is 0. The van der Waals surface area contributed by atoms with Gasteiger partial charge < -0.3 is 13.9 Å². The Labute approximate surface area is 137 Å². The third-order valence-corrected chi connectivity index (χ3v) is 11.2. The molecule has 2 saturated carbocycles. The molecule has 0 aromatic heterocycles. The molecule has 0 heterocycles. The SMILES string of the molecule is COP(=O)([O-])OC.C[P+](C)(C1CCCCC1)C1CCCCC1. The number of phosphoric ester groups is 1. The molecule has 0 radical (unpaired) electrons. The Morgan fingerprint density at radius 1 is 0.818 bits per heavy atom. The Bertz CT molecular complexity index is 320. The molecule has 2 fully saturated rings. The van der Waals surface area contributed by atoms with Crippen LogP contribution in [0.1, 0.15) is 64.2 Å². The Balaban J connectivity index is 0.000000295. The van der Waals surface area contributed by atoms with E-state index < -0.39 is 15.1 Å². The van der Waals surface area contributed by atoms with Crippen molar-refractivity contribution in [2.45, 2.75) is 75.5 Å². The van der Waals surface area contributed by atoms with E-state index in [9.17, 15) is 9.46 Å². The highest BCUT2D eigenvalue weighted by Gasteiger charge is 2.44. The third kappa shape index (κ3) is 6.57. The second-order valence-corrected chi connectivity index (χ2v) is 13.4. The minimum absolute atomic E-state index is 0.593. The summed E-state index contributed by atoms with van der Waals surface area (Å²) in [5.41, 5.74) is 2.30. The Morgan fingerprint density at radius 3 is 1.36 bits per heavy atom. The van der Waals surface area contributed by atoms with Gasteiger partial charge in [0.25, 0.3) is 7.82 Å². The van der Waals surface area contributed by atoms with Crippen LogP contribution < -0.4 is 4.89 Å². The summed E-state index contributed by atoms with van der Waals surface area (Å²) in [6.45, 7) is 5.36. The molecule has 0 unspecified atom stereocenters. The molecule has 0 spiro atoms. The van der Waals surface area contributed by atoms with Crippen molar-refractivity contribution >= 4 is 15.1 Å². The van der Waals surface area contributed by atoms with Crippen LogP contribution in [-0.4, -0.2) is 38.9 Å². The van der Waals surface area contributed by atoms with Crippen LogP contribution >= 0.6 is 15.1 Å². The van der Waals surface area contributed by atoms with E-state index in [1.54, 1.807) is 25.7 Å². The molecule has 0 atom stereocenters. The van der Waals surface area contributed by atoms with Crippen LogP contribution in [0.25, 0.3) is 0 Å². The molecule has 0 aromatic carbocycles. The fourth-order valence-electron chi connectivity index (χ4n) is 3.87. The highest BCUT2D eigenvalue weighted by atomic mass is 31.2. The topological polar surface area (TPSA) is 58.6 Å². The number of hydrogen-bond acceptors (Lipinski definition) is 4. The van der Waals surface area contributed by atoms with E-state index in [4.69, 9.17) is 0 Å². The van der Waals surface area contributed by atoms with Crippen molar-refractivity contribution in [1.29, 1.82) is 0 Å². The summed E-state index contributed by atoms with van der Waals surface area (Å²) >= 11 is 0. The van der Waals surface area contributed by atoms with Crippen LogP contribution in [0, 0.1) is 0 Å². The summed E-state index contributed by atoms with van der Waals surface area (Å²) in [5, 5.41) is 0. The Hall–Kier alpha value is 0.540. The molecule has 0 N–H and O–H groups in total. The molecule has 132 valence electrons. The van der Waals surface area contributed by atoms with Gasteiger partial charge in [-0.3, -0.25) is 4.57 Å². The van der Waals surface area contributed by atoms with Gasteiger partial charge in [0, 0.05) is 34.8 Å². The number of phosphoric acid groups is 1. The van der Waals surface area contributed by atoms with E-state index >= 15 is 0 Å². The predicted octanol–water partition coefficient (Wildman–Crippen LogP) is 4.68. The molecular weight excluding hydrogens is 318 g/mol. The zero-order valence-corrected chi connectivity index (χ0v) is 16.5. The maximum Gasteiger partial charge on any atom is 0.267 e. The van der Waals surface area contributed by atoms with Crippen molar-refractivity contribution < 1.29 is 18.5 Å². The molecule has 0 bridgehead atoms. The molecule has 2 rings (SSSR count). The van der Waals surface area contributed by atoms with Crippen LogP contribution in [0.5, 0.6) is 0 Å². The van der Waals surface area contributed by atoms with E-state index in [0.29, 0.717) is 0 Å². The standard InChI is InChI=1S/C14H28P.C2H7O4P/c1-15(2,13-9-5-3-6-10-13)14-11-7-4-8-12-14;1-5-7(3,4)6-2/h13-14H,3-12H2,1-2H3;1-2H3,(H,3,4)/q+1;/p-1. The lowest BCUT2D eigenvalue weighted by atomic mass is 9.99. The minimum Gasteiger partial charge on any atom is -0.756 e. The van der Waals surface area contributed by atoms with Gasteiger partial charge in [-0.25, -0.2) is 0 Å². The fourth-order valence-corrected chi connectivity index (χ4v) is 8.00. The molecule has 6 heteroatoms. The monoisotopic (exact) mass is 352 g/mol. The number of rotatable bonds is 4. The second-order valence-electron chi connectivity index (χ2n) is 7.03. The molecule has 0 aromatic rings. The van der Waals surface area contributed by atoms with E-state index in [1.165, 1.54) is 38.5 Å². The van der Waals surface area contributed by atoms with Gasteiger partial charge in [0.05, 0.1) is 11.3 Å². The normalized spacial score (nSPS) is 22.0. The van der Waals surface area contributed by atoms with Crippen molar-refractivity contribution in [3.63, 3.8) is 0 Å². The van der Waals surface area contributed by atoms with Gasteiger partial charge in [-0.1, -0.05) is 12.8 Å². The molecule has 22 heavy (non-hydrogen) atoms. The van der Waals surface area contributed by atoms with Crippen LogP contribution in [0.4, 0.5) is 0 Å². The first-order chi connectivity index (χ1) is 10.3. The zero-order valence-electron chi connectivity index (χ0n) is 14.8. The largest absolute Gasteiger partial charge is 0.756 e. The average molecular weight is 352 g/mol. The molecule has 0 saturated heterocycles. The maximum absolute atomic E-state index is 9.95. The first-order valence-corrected chi connectivity index (χ1v) is 12.9.